The first-order valence-corrected chi connectivity index (χ1v) is 10.8. The number of aliphatic hydroxyl groups is 3. The number of benzene rings is 3. The van der Waals surface area contributed by atoms with Gasteiger partial charge in [0.05, 0.1) is 5.97 Å². The molecule has 3 aromatic rings. The molecule has 5 atom stereocenters. The van der Waals surface area contributed by atoms with Gasteiger partial charge in [-0.1, -0.05) is 54.6 Å². The second-order valence-electron chi connectivity index (χ2n) is 8.07. The van der Waals surface area contributed by atoms with E-state index in [1.54, 1.807) is 12.1 Å². The Labute approximate surface area is 225 Å². The maximum Gasteiger partial charge on any atom is 1.00 e. The number of carboxylic acid groups (broad SMARTS) is 1. The van der Waals surface area contributed by atoms with E-state index in [-0.39, 0.29) is 29.6 Å². The maximum atomic E-state index is 11.1. The molecule has 178 valence electrons. The summed E-state index contributed by atoms with van der Waals surface area (Å²) in [5, 5.41) is 40.8. The summed E-state index contributed by atoms with van der Waals surface area (Å²) in [6.45, 7) is 0.501. The Bertz CT molecular complexity index is 1070. The van der Waals surface area contributed by atoms with Gasteiger partial charge in [-0.2, -0.15) is 0 Å². The number of rotatable bonds is 8. The van der Waals surface area contributed by atoms with Gasteiger partial charge in [-0.05, 0) is 47.4 Å². The molecule has 3 N–H and O–H groups in total. The van der Waals surface area contributed by atoms with Crippen LogP contribution in [0.25, 0.3) is 0 Å². The molecule has 35 heavy (non-hydrogen) atoms. The van der Waals surface area contributed by atoms with Crippen LogP contribution in [-0.4, -0.2) is 52.0 Å². The van der Waals surface area contributed by atoms with Crippen LogP contribution < -0.4 is 44.1 Å². The van der Waals surface area contributed by atoms with Gasteiger partial charge in [0.1, 0.15) is 42.5 Å². The minimum absolute atomic E-state index is 0. The molecule has 0 aliphatic carbocycles. The minimum Gasteiger partial charge on any atom is -0.547 e. The molecule has 0 saturated carbocycles. The van der Waals surface area contributed by atoms with E-state index in [9.17, 15) is 25.2 Å². The molecule has 1 heterocycles. The zero-order valence-electron chi connectivity index (χ0n) is 19.2. The van der Waals surface area contributed by atoms with Crippen LogP contribution >= 0.6 is 0 Å². The Morgan fingerprint density at radius 3 is 1.91 bits per heavy atom. The van der Waals surface area contributed by atoms with Crippen molar-refractivity contribution in [3.63, 3.8) is 0 Å². The van der Waals surface area contributed by atoms with Crippen LogP contribution in [0.2, 0.25) is 0 Å². The molecule has 1 aliphatic heterocycles. The summed E-state index contributed by atoms with van der Waals surface area (Å²) in [6, 6.07) is 24.7. The molecule has 0 bridgehead atoms. The van der Waals surface area contributed by atoms with E-state index in [4.69, 9.17) is 14.2 Å². The van der Waals surface area contributed by atoms with Gasteiger partial charge in [-0.25, -0.2) is 0 Å². The fraction of sp³-hybridized carbons (Fsp3) is 0.269. The van der Waals surface area contributed by atoms with Gasteiger partial charge >= 0.3 is 29.6 Å². The Morgan fingerprint density at radius 2 is 1.34 bits per heavy atom. The van der Waals surface area contributed by atoms with Gasteiger partial charge in [-0.3, -0.25) is 0 Å². The Hall–Kier alpha value is -2.43. The number of hydrogen-bond donors (Lipinski definition) is 3. The molecule has 4 rings (SSSR count). The zero-order valence-corrected chi connectivity index (χ0v) is 21.2. The predicted octanol–water partition coefficient (Wildman–Crippen LogP) is -2.20. The van der Waals surface area contributed by atoms with E-state index in [1.807, 2.05) is 66.7 Å². The van der Waals surface area contributed by atoms with E-state index < -0.39 is 36.7 Å². The first-order chi connectivity index (χ1) is 16.4. The Morgan fingerprint density at radius 1 is 0.771 bits per heavy atom. The van der Waals surface area contributed by atoms with Crippen molar-refractivity contribution in [1.29, 1.82) is 0 Å². The number of carbonyl (C=O) groups is 1. The molecular weight excluding hydrogens is 463 g/mol. The van der Waals surface area contributed by atoms with Crippen molar-refractivity contribution in [2.45, 2.75) is 43.7 Å². The van der Waals surface area contributed by atoms with Crippen LogP contribution in [0.1, 0.15) is 16.7 Å². The molecular formula is C26H25NaO8. The smallest absolute Gasteiger partial charge is 0.547 e. The van der Waals surface area contributed by atoms with Gasteiger partial charge < -0.3 is 39.4 Å². The largest absolute Gasteiger partial charge is 1.00 e. The maximum absolute atomic E-state index is 11.1. The van der Waals surface area contributed by atoms with Gasteiger partial charge in [0.15, 0.2) is 0 Å². The molecule has 1 saturated heterocycles. The number of carbonyl (C=O) groups excluding carboxylic acids is 1. The van der Waals surface area contributed by atoms with Gasteiger partial charge in [-0.15, -0.1) is 0 Å². The van der Waals surface area contributed by atoms with E-state index in [0.717, 1.165) is 22.4 Å². The fourth-order valence-electron chi connectivity index (χ4n) is 3.64. The van der Waals surface area contributed by atoms with E-state index in [2.05, 4.69) is 0 Å². The van der Waals surface area contributed by atoms with Crippen molar-refractivity contribution in [2.24, 2.45) is 0 Å². The molecule has 0 spiro atoms. The number of hydrogen-bond acceptors (Lipinski definition) is 8. The van der Waals surface area contributed by atoms with Crippen molar-refractivity contribution in [3.05, 3.63) is 95.6 Å². The van der Waals surface area contributed by atoms with E-state index in [1.165, 1.54) is 0 Å². The molecule has 0 unspecified atom stereocenters. The average Bonchev–Trinajstić information content (AvgIpc) is 2.85. The van der Waals surface area contributed by atoms with Crippen LogP contribution in [0.4, 0.5) is 0 Å². The number of aliphatic hydroxyl groups excluding tert-OH is 3. The SMILES string of the molecule is O=C([O-])[C@H]1O[C@@H](Oc2ccc(Cc3ccc(OCc4ccccc4)cc3)cc2)[C@H](O)[C@@H](O)[C@@H]1O.[Na+]. The molecule has 8 nitrogen and oxygen atoms in total. The predicted molar refractivity (Wildman–Crippen MR) is 119 cm³/mol. The Kier molecular flexibility index (Phi) is 9.71. The average molecular weight is 488 g/mol. The third kappa shape index (κ3) is 7.05. The number of carboxylic acids is 1. The topological polar surface area (TPSA) is 129 Å². The van der Waals surface area contributed by atoms with Crippen LogP contribution in [0, 0.1) is 0 Å². The first-order valence-electron chi connectivity index (χ1n) is 10.8. The standard InChI is InChI=1S/C26H26O8.Na/c27-21-22(28)24(25(30)31)34-26(23(21)29)33-20-12-8-17(9-13-20)14-16-6-10-19(11-7-16)32-15-18-4-2-1-3-5-18;/h1-13,21-24,26-29H,14-15H2,(H,30,31);/q;+1/p-1/t21-,22-,23+,24-,26+;/m0./s1. The molecule has 1 aliphatic rings. The molecule has 0 aromatic heterocycles. The second-order valence-corrected chi connectivity index (χ2v) is 8.07. The summed E-state index contributed by atoms with van der Waals surface area (Å²) in [5.41, 5.74) is 3.18. The molecule has 3 aromatic carbocycles. The fourth-order valence-corrected chi connectivity index (χ4v) is 3.64. The van der Waals surface area contributed by atoms with Crippen molar-refractivity contribution in [3.8, 4) is 11.5 Å². The van der Waals surface area contributed by atoms with Crippen molar-refractivity contribution in [2.75, 3.05) is 0 Å². The monoisotopic (exact) mass is 488 g/mol. The van der Waals surface area contributed by atoms with E-state index >= 15 is 0 Å². The second kappa shape index (κ2) is 12.5. The summed E-state index contributed by atoms with van der Waals surface area (Å²) in [6.07, 6.45) is -7.83. The third-order valence-electron chi connectivity index (χ3n) is 5.56. The van der Waals surface area contributed by atoms with Crippen molar-refractivity contribution in [1.82, 2.24) is 0 Å². The van der Waals surface area contributed by atoms with E-state index in [0.29, 0.717) is 18.8 Å². The van der Waals surface area contributed by atoms with Gasteiger partial charge in [0, 0.05) is 0 Å². The summed E-state index contributed by atoms with van der Waals surface area (Å²) >= 11 is 0. The summed E-state index contributed by atoms with van der Waals surface area (Å²) < 4.78 is 16.4. The van der Waals surface area contributed by atoms with Crippen LogP contribution in [-0.2, 0) is 22.6 Å². The normalized spacial score (nSPS) is 23.7. The molecule has 0 amide bonds. The summed E-state index contributed by atoms with van der Waals surface area (Å²) in [5.74, 6) is -0.624. The zero-order chi connectivity index (χ0) is 24.1. The Balaban J connectivity index is 0.00000342. The molecule has 9 heteroatoms. The van der Waals surface area contributed by atoms with Crippen molar-refractivity contribution >= 4 is 5.97 Å². The molecule has 0 radical (unpaired) electrons. The summed E-state index contributed by atoms with van der Waals surface area (Å²) in [7, 11) is 0. The van der Waals surface area contributed by atoms with Crippen molar-refractivity contribution < 1.29 is 69.0 Å². The quantitative estimate of drug-likeness (QED) is 0.305. The minimum atomic E-state index is -1.82. The number of ether oxygens (including phenoxy) is 3. The molecule has 1 fully saturated rings. The van der Waals surface area contributed by atoms with Crippen LogP contribution in [0.5, 0.6) is 11.5 Å². The third-order valence-corrected chi connectivity index (χ3v) is 5.56. The van der Waals surface area contributed by atoms with Crippen LogP contribution in [0.15, 0.2) is 78.9 Å². The first kappa shape index (κ1) is 27.2. The van der Waals surface area contributed by atoms with Crippen LogP contribution in [0.3, 0.4) is 0 Å². The number of aliphatic carboxylic acids is 1. The van der Waals surface area contributed by atoms with Gasteiger partial charge in [0.2, 0.25) is 6.29 Å². The summed E-state index contributed by atoms with van der Waals surface area (Å²) in [4.78, 5) is 11.1. The van der Waals surface area contributed by atoms with Gasteiger partial charge in [0.25, 0.3) is 0 Å².